The molecule has 0 saturated heterocycles. The van der Waals surface area contributed by atoms with E-state index in [-0.39, 0.29) is 5.92 Å². The van der Waals surface area contributed by atoms with E-state index in [1.807, 2.05) is 6.92 Å². The Morgan fingerprint density at radius 3 is 2.08 bits per heavy atom. The second kappa shape index (κ2) is 3.23. The molecule has 3 unspecified atom stereocenters. The lowest BCUT2D eigenvalue weighted by Crippen LogP contribution is -2.54. The number of rotatable bonds is 2. The Morgan fingerprint density at radius 1 is 1.38 bits per heavy atom. The molecule has 0 aromatic carbocycles. The van der Waals surface area contributed by atoms with Crippen molar-refractivity contribution >= 4 is 0 Å². The summed E-state index contributed by atoms with van der Waals surface area (Å²) in [6.45, 7) is 7.53. The van der Waals surface area contributed by atoms with Crippen LogP contribution in [0.4, 0.5) is 0 Å². The summed E-state index contributed by atoms with van der Waals surface area (Å²) < 4.78 is 0. The molecule has 1 aliphatic rings. The molecule has 0 radical (unpaired) electrons. The first-order valence-electron chi connectivity index (χ1n) is 4.90. The quantitative estimate of drug-likeness (QED) is 0.515. The lowest BCUT2D eigenvalue weighted by molar-refractivity contribution is -0.370. The van der Waals surface area contributed by atoms with Gasteiger partial charge in [-0.25, -0.2) is 4.89 Å². The van der Waals surface area contributed by atoms with Crippen LogP contribution in [0.3, 0.4) is 0 Å². The molecule has 1 aliphatic carbocycles. The highest BCUT2D eigenvalue weighted by Gasteiger charge is 2.55. The van der Waals surface area contributed by atoms with Gasteiger partial charge < -0.3 is 5.11 Å². The smallest absolute Gasteiger partial charge is 0.134 e. The van der Waals surface area contributed by atoms with E-state index >= 15 is 0 Å². The Bertz CT molecular complexity index is 185. The Labute approximate surface area is 79.6 Å². The molecule has 78 valence electrons. The van der Waals surface area contributed by atoms with Gasteiger partial charge in [0.2, 0.25) is 0 Å². The normalized spacial score (nSPS) is 41.1. The number of aliphatic hydroxyl groups is 1. The second-order valence-corrected chi connectivity index (χ2v) is 4.84. The Hall–Kier alpha value is -0.120. The van der Waals surface area contributed by atoms with Crippen molar-refractivity contribution in [2.24, 2.45) is 11.8 Å². The molecule has 0 spiro atoms. The van der Waals surface area contributed by atoms with Gasteiger partial charge in [0.15, 0.2) is 0 Å². The minimum Gasteiger partial charge on any atom is -0.387 e. The summed E-state index contributed by atoms with van der Waals surface area (Å²) in [5.41, 5.74) is -1.78. The summed E-state index contributed by atoms with van der Waals surface area (Å²) in [6.07, 6.45) is 1.71. The third-order valence-corrected chi connectivity index (χ3v) is 3.76. The molecule has 0 aliphatic heterocycles. The van der Waals surface area contributed by atoms with Gasteiger partial charge in [-0.05, 0) is 38.5 Å². The van der Waals surface area contributed by atoms with Crippen LogP contribution < -0.4 is 0 Å². The van der Waals surface area contributed by atoms with Crippen molar-refractivity contribution in [1.82, 2.24) is 0 Å². The molecular formula is C10H20O3. The topological polar surface area (TPSA) is 49.7 Å². The highest BCUT2D eigenvalue weighted by Crippen LogP contribution is 2.48. The number of hydrogen-bond donors (Lipinski definition) is 2. The second-order valence-electron chi connectivity index (χ2n) is 4.84. The molecule has 0 aromatic heterocycles. The highest BCUT2D eigenvalue weighted by atomic mass is 17.1. The predicted molar refractivity (Wildman–Crippen MR) is 50.3 cm³/mol. The van der Waals surface area contributed by atoms with Gasteiger partial charge in [0, 0.05) is 0 Å². The van der Waals surface area contributed by atoms with E-state index in [1.54, 1.807) is 13.8 Å². The van der Waals surface area contributed by atoms with Crippen molar-refractivity contribution in [2.75, 3.05) is 0 Å². The summed E-state index contributed by atoms with van der Waals surface area (Å²) >= 11 is 0. The van der Waals surface area contributed by atoms with E-state index in [9.17, 15) is 5.11 Å². The monoisotopic (exact) mass is 188 g/mol. The van der Waals surface area contributed by atoms with Gasteiger partial charge in [0.05, 0.1) is 5.60 Å². The van der Waals surface area contributed by atoms with Crippen molar-refractivity contribution in [2.45, 2.75) is 51.7 Å². The first kappa shape index (κ1) is 11.0. The van der Waals surface area contributed by atoms with E-state index in [4.69, 9.17) is 5.26 Å². The fourth-order valence-corrected chi connectivity index (χ4v) is 2.48. The van der Waals surface area contributed by atoms with E-state index in [0.29, 0.717) is 5.92 Å². The first-order valence-corrected chi connectivity index (χ1v) is 4.90. The number of hydrogen-bond acceptors (Lipinski definition) is 3. The molecular weight excluding hydrogens is 168 g/mol. The first-order chi connectivity index (χ1) is 5.85. The summed E-state index contributed by atoms with van der Waals surface area (Å²) in [5, 5.41) is 19.0. The summed E-state index contributed by atoms with van der Waals surface area (Å²) in [4.78, 5) is 4.60. The molecule has 0 bridgehead atoms. The van der Waals surface area contributed by atoms with Crippen molar-refractivity contribution in [3.63, 3.8) is 0 Å². The zero-order chi connectivity index (χ0) is 10.3. The van der Waals surface area contributed by atoms with Gasteiger partial charge in [-0.1, -0.05) is 13.8 Å². The van der Waals surface area contributed by atoms with Crippen LogP contribution in [0.2, 0.25) is 0 Å². The largest absolute Gasteiger partial charge is 0.387 e. The van der Waals surface area contributed by atoms with Gasteiger partial charge >= 0.3 is 0 Å². The summed E-state index contributed by atoms with van der Waals surface area (Å²) in [7, 11) is 0. The fraction of sp³-hybridized carbons (Fsp3) is 1.00. The van der Waals surface area contributed by atoms with Crippen molar-refractivity contribution in [1.29, 1.82) is 0 Å². The van der Waals surface area contributed by atoms with E-state index in [2.05, 4.69) is 11.8 Å². The third kappa shape index (κ3) is 1.49. The average molecular weight is 188 g/mol. The predicted octanol–water partition coefficient (Wildman–Crippen LogP) is 2.05. The molecule has 1 fully saturated rings. The van der Waals surface area contributed by atoms with Gasteiger partial charge in [-0.2, -0.15) is 0 Å². The Kier molecular flexibility index (Phi) is 2.72. The zero-order valence-corrected chi connectivity index (χ0v) is 8.87. The lowest BCUT2D eigenvalue weighted by atomic mass is 9.77. The zero-order valence-electron chi connectivity index (χ0n) is 8.87. The molecule has 0 heterocycles. The Morgan fingerprint density at radius 2 is 1.92 bits per heavy atom. The van der Waals surface area contributed by atoms with Crippen molar-refractivity contribution in [3.8, 4) is 0 Å². The van der Waals surface area contributed by atoms with E-state index in [1.165, 1.54) is 0 Å². The molecule has 0 aromatic rings. The van der Waals surface area contributed by atoms with Crippen LogP contribution in [0.15, 0.2) is 0 Å². The molecule has 1 saturated carbocycles. The van der Waals surface area contributed by atoms with Crippen LogP contribution in [-0.2, 0) is 4.89 Å². The van der Waals surface area contributed by atoms with Crippen molar-refractivity contribution in [3.05, 3.63) is 0 Å². The van der Waals surface area contributed by atoms with Gasteiger partial charge in [0.25, 0.3) is 0 Å². The minimum absolute atomic E-state index is 0.178. The average Bonchev–Trinajstić information content (AvgIpc) is 2.29. The maximum absolute atomic E-state index is 9.97. The van der Waals surface area contributed by atoms with Crippen LogP contribution in [0.1, 0.15) is 40.5 Å². The minimum atomic E-state index is -0.994. The molecule has 3 heteroatoms. The molecule has 2 N–H and O–H groups in total. The molecule has 3 nitrogen and oxygen atoms in total. The molecule has 0 amide bonds. The van der Waals surface area contributed by atoms with Crippen LogP contribution in [-0.4, -0.2) is 21.6 Å². The van der Waals surface area contributed by atoms with E-state index < -0.39 is 11.2 Å². The van der Waals surface area contributed by atoms with Crippen molar-refractivity contribution < 1.29 is 15.3 Å². The molecule has 3 atom stereocenters. The molecule has 13 heavy (non-hydrogen) atoms. The SMILES string of the molecule is CC1CCC(OO)(C(C)(C)O)C1C. The van der Waals surface area contributed by atoms with Gasteiger partial charge in [-0.3, -0.25) is 5.26 Å². The standard InChI is InChI=1S/C10H20O3/c1-7-5-6-10(13-12,8(7)2)9(3,4)11/h7-8,11-12H,5-6H2,1-4H3. The summed E-state index contributed by atoms with van der Waals surface area (Å²) in [6, 6.07) is 0. The van der Waals surface area contributed by atoms with Gasteiger partial charge in [-0.15, -0.1) is 0 Å². The van der Waals surface area contributed by atoms with Crippen LogP contribution in [0.5, 0.6) is 0 Å². The maximum atomic E-state index is 9.97. The highest BCUT2D eigenvalue weighted by molar-refractivity contribution is 5.04. The third-order valence-electron chi connectivity index (χ3n) is 3.76. The van der Waals surface area contributed by atoms with Crippen LogP contribution in [0, 0.1) is 11.8 Å². The molecule has 1 rings (SSSR count). The maximum Gasteiger partial charge on any atom is 0.134 e. The van der Waals surface area contributed by atoms with Gasteiger partial charge in [0.1, 0.15) is 5.60 Å². The Balaban J connectivity index is 2.95. The van der Waals surface area contributed by atoms with E-state index in [0.717, 1.165) is 12.8 Å². The fourth-order valence-electron chi connectivity index (χ4n) is 2.48. The van der Waals surface area contributed by atoms with Crippen LogP contribution in [0.25, 0.3) is 0 Å². The summed E-state index contributed by atoms with van der Waals surface area (Å²) in [5.74, 6) is 0.663. The lowest BCUT2D eigenvalue weighted by Gasteiger charge is -2.41. The van der Waals surface area contributed by atoms with Crippen LogP contribution >= 0.6 is 0 Å².